The predicted octanol–water partition coefficient (Wildman–Crippen LogP) is 4.89. The molecule has 0 spiro atoms. The minimum absolute atomic E-state index is 0.0927. The van der Waals surface area contributed by atoms with Crippen LogP contribution in [0.5, 0.6) is 0 Å². The van der Waals surface area contributed by atoms with Crippen molar-refractivity contribution < 1.29 is 4.79 Å². The molecule has 0 unspecified atom stereocenters. The van der Waals surface area contributed by atoms with E-state index < -0.39 is 0 Å². The molecule has 1 aliphatic carbocycles. The van der Waals surface area contributed by atoms with E-state index in [0.717, 1.165) is 41.1 Å². The van der Waals surface area contributed by atoms with Crippen molar-refractivity contribution in [1.82, 2.24) is 0 Å². The minimum Gasteiger partial charge on any atom is -0.372 e. The molecule has 2 aromatic carbocycles. The molecule has 0 radical (unpaired) electrons. The third-order valence-electron chi connectivity index (χ3n) is 5.10. The Balaban J connectivity index is 1.89. The van der Waals surface area contributed by atoms with E-state index in [-0.39, 0.29) is 11.8 Å². The number of Topliss-reactive ketones (excluding diaryl/α,β-unsaturated/α-hetero) is 1. The van der Waals surface area contributed by atoms with Crippen molar-refractivity contribution in [1.29, 1.82) is 0 Å². The lowest BCUT2D eigenvalue weighted by atomic mass is 9.87. The normalized spacial score (nSPS) is 19.8. The number of allylic oxidation sites excluding steroid dienone is 1. The van der Waals surface area contributed by atoms with E-state index in [2.05, 4.69) is 48.7 Å². The Morgan fingerprint density at radius 3 is 2.42 bits per heavy atom. The summed E-state index contributed by atoms with van der Waals surface area (Å²) in [6.07, 6.45) is 2.49. The van der Waals surface area contributed by atoms with Crippen LogP contribution in [0.2, 0.25) is 0 Å². The Hall–Kier alpha value is -2.55. The molecule has 3 heteroatoms. The predicted molar refractivity (Wildman–Crippen MR) is 98.2 cm³/mol. The van der Waals surface area contributed by atoms with Crippen LogP contribution in [0, 0.1) is 13.8 Å². The third-order valence-corrected chi connectivity index (χ3v) is 5.10. The summed E-state index contributed by atoms with van der Waals surface area (Å²) >= 11 is 0. The highest BCUT2D eigenvalue weighted by atomic mass is 16.1. The molecule has 0 aromatic heterocycles. The van der Waals surface area contributed by atoms with Gasteiger partial charge in [-0.15, -0.1) is 0 Å². The minimum atomic E-state index is -0.0927. The molecule has 2 aliphatic rings. The van der Waals surface area contributed by atoms with Gasteiger partial charge >= 0.3 is 0 Å². The van der Waals surface area contributed by atoms with Crippen molar-refractivity contribution >= 4 is 17.2 Å². The number of hydrogen-bond donors (Lipinski definition) is 2. The van der Waals surface area contributed by atoms with Gasteiger partial charge in [-0.05, 0) is 55.5 Å². The largest absolute Gasteiger partial charge is 0.372 e. The number of hydrogen-bond acceptors (Lipinski definition) is 3. The molecule has 0 saturated heterocycles. The monoisotopic (exact) mass is 318 g/mol. The topological polar surface area (TPSA) is 41.1 Å². The second-order valence-electron chi connectivity index (χ2n) is 6.76. The average Bonchev–Trinajstić information content (AvgIpc) is 2.74. The Labute approximate surface area is 142 Å². The van der Waals surface area contributed by atoms with Gasteiger partial charge in [0.2, 0.25) is 0 Å². The number of anilines is 2. The van der Waals surface area contributed by atoms with Crippen LogP contribution in [0.15, 0.2) is 53.7 Å². The van der Waals surface area contributed by atoms with Gasteiger partial charge in [-0.25, -0.2) is 0 Å². The summed E-state index contributed by atoms with van der Waals surface area (Å²) in [5, 5.41) is 7.19. The van der Waals surface area contributed by atoms with Crippen LogP contribution in [0.25, 0.3) is 0 Å². The number of ketones is 1. The van der Waals surface area contributed by atoms with Crippen molar-refractivity contribution in [2.75, 3.05) is 10.6 Å². The molecule has 0 bridgehead atoms. The zero-order valence-corrected chi connectivity index (χ0v) is 14.1. The number of aryl methyl sites for hydroxylation is 2. The lowest BCUT2D eigenvalue weighted by Gasteiger charge is -2.25. The van der Waals surface area contributed by atoms with E-state index in [9.17, 15) is 4.79 Å². The SMILES string of the molecule is Cc1cc2c(cc1C)N[C@@H](c1ccccc1)C1=C(CCCC1=O)N2. The van der Waals surface area contributed by atoms with Gasteiger partial charge in [0.05, 0.1) is 17.4 Å². The molecule has 3 nitrogen and oxygen atoms in total. The smallest absolute Gasteiger partial charge is 0.163 e. The van der Waals surface area contributed by atoms with Crippen LogP contribution in [0.4, 0.5) is 11.4 Å². The molecule has 24 heavy (non-hydrogen) atoms. The molecule has 122 valence electrons. The van der Waals surface area contributed by atoms with Gasteiger partial charge in [-0.2, -0.15) is 0 Å². The van der Waals surface area contributed by atoms with E-state index in [1.807, 2.05) is 18.2 Å². The highest BCUT2D eigenvalue weighted by Gasteiger charge is 2.32. The van der Waals surface area contributed by atoms with Gasteiger partial charge in [0.15, 0.2) is 5.78 Å². The first kappa shape index (κ1) is 15.0. The zero-order chi connectivity index (χ0) is 16.7. The summed E-state index contributed by atoms with van der Waals surface area (Å²) in [4.78, 5) is 12.7. The number of rotatable bonds is 1. The van der Waals surface area contributed by atoms with Gasteiger partial charge in [0, 0.05) is 17.7 Å². The van der Waals surface area contributed by atoms with Crippen LogP contribution in [-0.2, 0) is 4.79 Å². The van der Waals surface area contributed by atoms with Crippen molar-refractivity contribution in [3.63, 3.8) is 0 Å². The van der Waals surface area contributed by atoms with Gasteiger partial charge in [-0.3, -0.25) is 4.79 Å². The molecule has 2 N–H and O–H groups in total. The van der Waals surface area contributed by atoms with Crippen LogP contribution in [0.1, 0.15) is 42.0 Å². The summed E-state index contributed by atoms with van der Waals surface area (Å²) < 4.78 is 0. The molecule has 2 aromatic rings. The van der Waals surface area contributed by atoms with Crippen LogP contribution < -0.4 is 10.6 Å². The number of carbonyl (C=O) groups is 1. The second kappa shape index (κ2) is 5.82. The number of benzene rings is 2. The van der Waals surface area contributed by atoms with Gasteiger partial charge in [0.1, 0.15) is 0 Å². The highest BCUT2D eigenvalue weighted by Crippen LogP contribution is 2.41. The van der Waals surface area contributed by atoms with Crippen molar-refractivity contribution in [2.45, 2.75) is 39.2 Å². The van der Waals surface area contributed by atoms with E-state index in [4.69, 9.17) is 0 Å². The van der Waals surface area contributed by atoms with Crippen molar-refractivity contribution in [3.8, 4) is 0 Å². The van der Waals surface area contributed by atoms with Gasteiger partial charge in [0.25, 0.3) is 0 Å². The fourth-order valence-corrected chi connectivity index (χ4v) is 3.65. The Morgan fingerprint density at radius 2 is 1.67 bits per heavy atom. The van der Waals surface area contributed by atoms with E-state index >= 15 is 0 Å². The standard InChI is InChI=1S/C21H22N2O/c1-13-11-17-18(12-14(13)2)23-21(15-7-4-3-5-8-15)20-16(22-17)9-6-10-19(20)24/h3-5,7-8,11-12,21-23H,6,9-10H2,1-2H3/t21-/m0/s1. The Bertz CT molecular complexity index is 836. The Kier molecular flexibility index (Phi) is 3.64. The van der Waals surface area contributed by atoms with E-state index in [0.29, 0.717) is 6.42 Å². The highest BCUT2D eigenvalue weighted by molar-refractivity contribution is 6.00. The first-order valence-electron chi connectivity index (χ1n) is 8.59. The molecule has 1 atom stereocenters. The molecular formula is C21H22N2O. The first-order valence-corrected chi connectivity index (χ1v) is 8.59. The summed E-state index contributed by atoms with van der Waals surface area (Å²) in [5.41, 5.74) is 7.75. The number of nitrogens with one attached hydrogen (secondary N) is 2. The van der Waals surface area contributed by atoms with Crippen molar-refractivity contribution in [3.05, 3.63) is 70.4 Å². The summed E-state index contributed by atoms with van der Waals surface area (Å²) in [6.45, 7) is 4.25. The molecular weight excluding hydrogens is 296 g/mol. The first-order chi connectivity index (χ1) is 11.6. The number of fused-ring (bicyclic) bond motifs is 1. The average molecular weight is 318 g/mol. The summed E-state index contributed by atoms with van der Waals surface area (Å²) in [5.74, 6) is 0.256. The van der Waals surface area contributed by atoms with Crippen LogP contribution in [0.3, 0.4) is 0 Å². The summed E-state index contributed by atoms with van der Waals surface area (Å²) in [7, 11) is 0. The fourth-order valence-electron chi connectivity index (χ4n) is 3.65. The van der Waals surface area contributed by atoms with Gasteiger partial charge in [-0.1, -0.05) is 30.3 Å². The summed E-state index contributed by atoms with van der Waals surface area (Å²) in [6, 6.07) is 14.5. The van der Waals surface area contributed by atoms with Crippen LogP contribution in [-0.4, -0.2) is 5.78 Å². The Morgan fingerprint density at radius 1 is 0.958 bits per heavy atom. The molecule has 1 heterocycles. The van der Waals surface area contributed by atoms with E-state index in [1.165, 1.54) is 11.1 Å². The maximum Gasteiger partial charge on any atom is 0.163 e. The fraction of sp³-hybridized carbons (Fsp3) is 0.286. The quantitative estimate of drug-likeness (QED) is 0.786. The van der Waals surface area contributed by atoms with Crippen LogP contribution >= 0.6 is 0 Å². The molecule has 0 amide bonds. The van der Waals surface area contributed by atoms with E-state index in [1.54, 1.807) is 0 Å². The zero-order valence-electron chi connectivity index (χ0n) is 14.1. The van der Waals surface area contributed by atoms with Crippen molar-refractivity contribution in [2.24, 2.45) is 0 Å². The lowest BCUT2D eigenvalue weighted by Crippen LogP contribution is -2.23. The molecule has 0 fully saturated rings. The second-order valence-corrected chi connectivity index (χ2v) is 6.76. The molecule has 0 saturated carbocycles. The molecule has 4 rings (SSSR count). The molecule has 1 aliphatic heterocycles. The maximum absolute atomic E-state index is 12.7. The number of carbonyl (C=O) groups excluding carboxylic acids is 1. The maximum atomic E-state index is 12.7. The third kappa shape index (κ3) is 2.50. The van der Waals surface area contributed by atoms with Gasteiger partial charge < -0.3 is 10.6 Å². The lowest BCUT2D eigenvalue weighted by molar-refractivity contribution is -0.116.